The molecule has 0 aromatic heterocycles. The third kappa shape index (κ3) is 13.5. The van der Waals surface area contributed by atoms with Crippen molar-refractivity contribution in [3.63, 3.8) is 0 Å². The Morgan fingerprint density at radius 3 is 1.85 bits per heavy atom. The minimum atomic E-state index is -1.42. The van der Waals surface area contributed by atoms with Crippen molar-refractivity contribution in [1.82, 2.24) is 31.9 Å². The number of carbonyl (C=O) groups excluding carboxylic acids is 7. The van der Waals surface area contributed by atoms with Crippen LogP contribution in [0.25, 0.3) is 0 Å². The van der Waals surface area contributed by atoms with E-state index in [0.29, 0.717) is 25.8 Å². The molecule has 1 rings (SSSR count). The number of nitrogens with zero attached hydrogens (tertiary/aromatic N) is 1. The fraction of sp³-hybridized carbons (Fsp3) is 0.667. The van der Waals surface area contributed by atoms with E-state index in [4.69, 9.17) is 17.2 Å². The molecule has 17 nitrogen and oxygen atoms in total. The normalized spacial score (nSPS) is 24.6. The number of carbonyl (C=O) groups is 7. The Labute approximate surface area is 237 Å². The zero-order chi connectivity index (χ0) is 31.1. The number of guanidine groups is 1. The summed E-state index contributed by atoms with van der Waals surface area (Å²) >= 11 is 0. The number of unbranched alkanes of at least 4 members (excludes halogenated alkanes) is 1. The Balaban J connectivity index is 3.20. The summed E-state index contributed by atoms with van der Waals surface area (Å²) in [7, 11) is 0. The summed E-state index contributed by atoms with van der Waals surface area (Å²) in [6, 6.07) is -5.92. The molecule has 1 aliphatic heterocycles. The largest absolute Gasteiger partial charge is 0.370 e. The van der Waals surface area contributed by atoms with E-state index in [0.717, 1.165) is 0 Å². The molecule has 1 aliphatic rings. The number of nitrogens with two attached hydrogens (primary N) is 3. The summed E-state index contributed by atoms with van der Waals surface area (Å²) in [6.07, 6.45) is 0.898. The van der Waals surface area contributed by atoms with Crippen molar-refractivity contribution < 1.29 is 33.6 Å². The average Bonchev–Trinajstić information content (AvgIpc) is 2.87. The van der Waals surface area contributed by atoms with Crippen LogP contribution in [-0.4, -0.2) is 90.6 Å². The van der Waals surface area contributed by atoms with E-state index >= 15 is 0 Å². The second-order valence-electron chi connectivity index (χ2n) is 9.74. The monoisotopic (exact) mass is 582 g/mol. The van der Waals surface area contributed by atoms with Crippen molar-refractivity contribution in [2.45, 2.75) is 89.5 Å². The fourth-order valence-electron chi connectivity index (χ4n) is 3.79. The van der Waals surface area contributed by atoms with Crippen LogP contribution >= 0.6 is 0 Å². The van der Waals surface area contributed by atoms with Crippen LogP contribution in [0.3, 0.4) is 0 Å². The van der Waals surface area contributed by atoms with E-state index in [9.17, 15) is 33.6 Å². The van der Waals surface area contributed by atoms with Crippen molar-refractivity contribution in [2.75, 3.05) is 13.1 Å². The first-order valence-electron chi connectivity index (χ1n) is 13.3. The first-order valence-corrected chi connectivity index (χ1v) is 13.3. The predicted molar refractivity (Wildman–Crippen MR) is 147 cm³/mol. The van der Waals surface area contributed by atoms with Crippen LogP contribution in [0.15, 0.2) is 4.99 Å². The van der Waals surface area contributed by atoms with Crippen molar-refractivity contribution in [1.29, 1.82) is 0 Å². The molecule has 7 amide bonds. The van der Waals surface area contributed by atoms with Gasteiger partial charge in [0.25, 0.3) is 0 Å². The number of rotatable bonds is 10. The lowest BCUT2D eigenvalue weighted by atomic mass is 10.1. The van der Waals surface area contributed by atoms with Crippen molar-refractivity contribution >= 4 is 47.3 Å². The maximum Gasteiger partial charge on any atom is 0.243 e. The maximum atomic E-state index is 13.1. The molecule has 17 heteroatoms. The Hall–Kier alpha value is -4.44. The van der Waals surface area contributed by atoms with Gasteiger partial charge in [-0.1, -0.05) is 0 Å². The van der Waals surface area contributed by atoms with Gasteiger partial charge in [-0.2, -0.15) is 0 Å². The summed E-state index contributed by atoms with van der Waals surface area (Å²) in [4.78, 5) is 91.3. The van der Waals surface area contributed by atoms with Gasteiger partial charge < -0.3 is 49.1 Å². The van der Waals surface area contributed by atoms with E-state index in [2.05, 4.69) is 36.9 Å². The summed E-state index contributed by atoms with van der Waals surface area (Å²) in [6.45, 7) is 4.66. The van der Waals surface area contributed by atoms with Crippen LogP contribution in [0.1, 0.15) is 59.3 Å². The van der Waals surface area contributed by atoms with Crippen molar-refractivity contribution in [3.05, 3.63) is 0 Å². The zero-order valence-corrected chi connectivity index (χ0v) is 23.6. The van der Waals surface area contributed by atoms with Gasteiger partial charge in [-0.05, 0) is 46.0 Å². The highest BCUT2D eigenvalue weighted by Crippen LogP contribution is 2.06. The molecule has 1 saturated heterocycles. The number of amides is 7. The number of aliphatic imine (C=N–C) groups is 1. The Bertz CT molecular complexity index is 1010. The van der Waals surface area contributed by atoms with E-state index < -0.39 is 72.1 Å². The summed E-state index contributed by atoms with van der Waals surface area (Å²) in [5.41, 5.74) is 16.0. The molecule has 1 fully saturated rings. The lowest BCUT2D eigenvalue weighted by Gasteiger charge is -2.26. The average molecular weight is 583 g/mol. The SMILES string of the molecule is CC(=O)NCCCC[C@@H]1NC(=O)CC(C(N)=O)NC(=O)[C@H](C)NC(=O)[C@H](CCCN=C(N)N)NC(=O)[C@H](C)NC1=O. The van der Waals surface area contributed by atoms with Gasteiger partial charge in [0, 0.05) is 20.0 Å². The Kier molecular flexibility index (Phi) is 14.6. The van der Waals surface area contributed by atoms with E-state index in [1.54, 1.807) is 0 Å². The number of nitrogens with one attached hydrogen (secondary N) is 6. The van der Waals surface area contributed by atoms with Gasteiger partial charge in [0.1, 0.15) is 30.2 Å². The van der Waals surface area contributed by atoms with Gasteiger partial charge in [-0.15, -0.1) is 0 Å². The van der Waals surface area contributed by atoms with Gasteiger partial charge >= 0.3 is 0 Å². The van der Waals surface area contributed by atoms with Crippen molar-refractivity contribution in [2.24, 2.45) is 22.2 Å². The topological polar surface area (TPSA) is 282 Å². The van der Waals surface area contributed by atoms with E-state index in [1.165, 1.54) is 20.8 Å². The minimum absolute atomic E-state index is 0.0975. The van der Waals surface area contributed by atoms with E-state index in [-0.39, 0.29) is 31.3 Å². The molecule has 0 aromatic rings. The number of hydrogen-bond donors (Lipinski definition) is 9. The van der Waals surface area contributed by atoms with Crippen LogP contribution in [0.5, 0.6) is 0 Å². The maximum absolute atomic E-state index is 13.1. The highest BCUT2D eigenvalue weighted by molar-refractivity contribution is 5.97. The standard InChI is InChI=1S/C24H42N10O7/c1-12-20(38)33-16(8-6-10-29-24(26)27)23(41)31-13(2)21(39)34-17(19(25)37)11-18(36)32-15(22(40)30-12)7-4-5-9-28-14(3)35/h12-13,15-17H,4-11H2,1-3H3,(H2,25,37)(H,28,35)(H,30,40)(H,31,41)(H,32,36)(H,33,38)(H,34,39)(H4,26,27,29)/t12-,13-,15-,16-,17?/m0/s1. The molecular weight excluding hydrogens is 540 g/mol. The lowest BCUT2D eigenvalue weighted by molar-refractivity contribution is -0.136. The minimum Gasteiger partial charge on any atom is -0.370 e. The third-order valence-corrected chi connectivity index (χ3v) is 6.08. The van der Waals surface area contributed by atoms with Crippen LogP contribution < -0.4 is 49.1 Å². The first kappa shape index (κ1) is 34.6. The molecule has 0 saturated carbocycles. The zero-order valence-electron chi connectivity index (χ0n) is 23.6. The molecule has 0 spiro atoms. The summed E-state index contributed by atoms with van der Waals surface area (Å²) in [5.74, 6) is -4.98. The van der Waals surface area contributed by atoms with Crippen LogP contribution in [0.2, 0.25) is 0 Å². The molecule has 12 N–H and O–H groups in total. The van der Waals surface area contributed by atoms with Gasteiger partial charge in [-0.25, -0.2) is 0 Å². The summed E-state index contributed by atoms with van der Waals surface area (Å²) < 4.78 is 0. The first-order chi connectivity index (χ1) is 19.2. The molecule has 0 radical (unpaired) electrons. The second-order valence-corrected chi connectivity index (χ2v) is 9.74. The molecule has 5 atom stereocenters. The summed E-state index contributed by atoms with van der Waals surface area (Å²) in [5, 5.41) is 15.0. The molecule has 41 heavy (non-hydrogen) atoms. The highest BCUT2D eigenvalue weighted by atomic mass is 16.2. The Morgan fingerprint density at radius 2 is 1.32 bits per heavy atom. The molecule has 0 aliphatic carbocycles. The number of hydrogen-bond acceptors (Lipinski definition) is 8. The molecule has 1 heterocycles. The molecule has 0 aromatic carbocycles. The van der Waals surface area contributed by atoms with Crippen LogP contribution in [-0.2, 0) is 33.6 Å². The van der Waals surface area contributed by atoms with Gasteiger partial charge in [-0.3, -0.25) is 38.6 Å². The molecule has 1 unspecified atom stereocenters. The van der Waals surface area contributed by atoms with Gasteiger partial charge in [0.2, 0.25) is 41.4 Å². The van der Waals surface area contributed by atoms with Crippen molar-refractivity contribution in [3.8, 4) is 0 Å². The third-order valence-electron chi connectivity index (χ3n) is 6.08. The molecular formula is C24H42N10O7. The lowest BCUT2D eigenvalue weighted by Crippen LogP contribution is -2.59. The van der Waals surface area contributed by atoms with Gasteiger partial charge in [0.05, 0.1) is 6.42 Å². The second kappa shape index (κ2) is 17.3. The van der Waals surface area contributed by atoms with Crippen LogP contribution in [0.4, 0.5) is 0 Å². The Morgan fingerprint density at radius 1 is 0.780 bits per heavy atom. The molecule has 0 bridgehead atoms. The van der Waals surface area contributed by atoms with Crippen LogP contribution in [0, 0.1) is 0 Å². The quantitative estimate of drug-likeness (QED) is 0.0683. The predicted octanol–water partition coefficient (Wildman–Crippen LogP) is -4.30. The smallest absolute Gasteiger partial charge is 0.243 e. The molecule has 230 valence electrons. The number of primary amides is 1. The highest BCUT2D eigenvalue weighted by Gasteiger charge is 2.31. The van der Waals surface area contributed by atoms with E-state index in [1.807, 2.05) is 0 Å². The fourth-order valence-corrected chi connectivity index (χ4v) is 3.79. The van der Waals surface area contributed by atoms with Gasteiger partial charge in [0.15, 0.2) is 5.96 Å².